The highest BCUT2D eigenvalue weighted by Gasteiger charge is 2.20. The Morgan fingerprint density at radius 1 is 1.50 bits per heavy atom. The molecule has 0 aromatic heterocycles. The first-order valence-corrected chi connectivity index (χ1v) is 6.84. The number of hydrogen-bond acceptors (Lipinski definition) is 4. The van der Waals surface area contributed by atoms with Crippen molar-refractivity contribution in [3.8, 4) is 0 Å². The molecule has 0 radical (unpaired) electrons. The van der Waals surface area contributed by atoms with Crippen LogP contribution in [0.25, 0.3) is 0 Å². The number of hydrogen-bond donors (Lipinski definition) is 1. The van der Waals surface area contributed by atoms with Gasteiger partial charge in [0.25, 0.3) is 0 Å². The van der Waals surface area contributed by atoms with Crippen LogP contribution in [-0.4, -0.2) is 17.8 Å². The number of thioether (sulfide) groups is 1. The summed E-state index contributed by atoms with van der Waals surface area (Å²) in [5.41, 5.74) is 5.52. The van der Waals surface area contributed by atoms with E-state index in [9.17, 15) is 9.18 Å². The van der Waals surface area contributed by atoms with Crippen LogP contribution in [0.4, 0.5) is 10.1 Å². The second kappa shape index (κ2) is 7.26. The predicted octanol–water partition coefficient (Wildman–Crippen LogP) is 3.23. The van der Waals surface area contributed by atoms with Crippen LogP contribution < -0.4 is 5.73 Å². The maximum atomic E-state index is 13.3. The van der Waals surface area contributed by atoms with E-state index in [-0.39, 0.29) is 16.9 Å². The van der Waals surface area contributed by atoms with E-state index in [1.807, 2.05) is 6.92 Å². The van der Waals surface area contributed by atoms with Crippen LogP contribution in [0.5, 0.6) is 0 Å². The molecular formula is C13H18FNO2S. The van der Waals surface area contributed by atoms with Gasteiger partial charge in [0, 0.05) is 4.90 Å². The number of carbonyl (C=O) groups is 1. The molecule has 1 rings (SSSR count). The first kappa shape index (κ1) is 14.8. The second-order valence-corrected chi connectivity index (χ2v) is 5.11. The topological polar surface area (TPSA) is 52.3 Å². The van der Waals surface area contributed by atoms with Crippen LogP contribution in [-0.2, 0) is 9.53 Å². The second-order valence-electron chi connectivity index (χ2n) is 3.83. The van der Waals surface area contributed by atoms with Gasteiger partial charge in [-0.2, -0.15) is 0 Å². The molecule has 18 heavy (non-hydrogen) atoms. The molecule has 0 spiro atoms. The normalized spacial score (nSPS) is 12.2. The molecule has 0 aliphatic heterocycles. The van der Waals surface area contributed by atoms with Gasteiger partial charge in [-0.3, -0.25) is 4.79 Å². The number of esters is 1. The summed E-state index contributed by atoms with van der Waals surface area (Å²) in [4.78, 5) is 12.4. The SMILES string of the molecule is CCCC(Sc1ccc(N)c(F)c1)C(=O)OCC. The van der Waals surface area contributed by atoms with Crippen molar-refractivity contribution in [3.63, 3.8) is 0 Å². The van der Waals surface area contributed by atoms with Crippen molar-refractivity contribution < 1.29 is 13.9 Å². The highest BCUT2D eigenvalue weighted by Crippen LogP contribution is 2.29. The molecule has 0 amide bonds. The van der Waals surface area contributed by atoms with Gasteiger partial charge in [0.05, 0.1) is 12.3 Å². The molecular weight excluding hydrogens is 253 g/mol. The summed E-state index contributed by atoms with van der Waals surface area (Å²) in [5.74, 6) is -0.708. The Bertz CT molecular complexity index is 412. The van der Waals surface area contributed by atoms with Crippen molar-refractivity contribution in [2.45, 2.75) is 36.8 Å². The Balaban J connectivity index is 2.76. The predicted molar refractivity (Wildman–Crippen MR) is 72.0 cm³/mol. The number of rotatable bonds is 6. The van der Waals surface area contributed by atoms with Gasteiger partial charge in [0.2, 0.25) is 0 Å². The van der Waals surface area contributed by atoms with Crippen molar-refractivity contribution in [3.05, 3.63) is 24.0 Å². The Kier molecular flexibility index (Phi) is 5.98. The molecule has 5 heteroatoms. The van der Waals surface area contributed by atoms with E-state index in [0.717, 1.165) is 6.42 Å². The van der Waals surface area contributed by atoms with Crippen molar-refractivity contribution in [2.24, 2.45) is 0 Å². The lowest BCUT2D eigenvalue weighted by atomic mass is 10.2. The molecule has 0 bridgehead atoms. The molecule has 100 valence electrons. The van der Waals surface area contributed by atoms with Crippen LogP contribution in [0.2, 0.25) is 0 Å². The van der Waals surface area contributed by atoms with Gasteiger partial charge in [0.1, 0.15) is 11.1 Å². The fourth-order valence-corrected chi connectivity index (χ4v) is 2.63. The van der Waals surface area contributed by atoms with Gasteiger partial charge >= 0.3 is 5.97 Å². The fourth-order valence-electron chi connectivity index (χ4n) is 1.47. The minimum Gasteiger partial charge on any atom is -0.465 e. The average Bonchev–Trinajstić information content (AvgIpc) is 2.33. The van der Waals surface area contributed by atoms with Crippen molar-refractivity contribution >= 4 is 23.4 Å². The zero-order chi connectivity index (χ0) is 13.5. The van der Waals surface area contributed by atoms with Crippen molar-refractivity contribution in [1.29, 1.82) is 0 Å². The van der Waals surface area contributed by atoms with Crippen LogP contribution >= 0.6 is 11.8 Å². The first-order chi connectivity index (χ1) is 8.58. The quantitative estimate of drug-likeness (QED) is 0.490. The third-order valence-electron chi connectivity index (χ3n) is 2.35. The summed E-state index contributed by atoms with van der Waals surface area (Å²) in [6.45, 7) is 4.13. The van der Waals surface area contributed by atoms with E-state index < -0.39 is 5.82 Å². The standard InChI is InChI=1S/C13H18FNO2S/c1-3-5-12(13(16)17-4-2)18-9-6-7-11(15)10(14)8-9/h6-8,12H,3-5,15H2,1-2H3. The number of halogens is 1. The van der Waals surface area contributed by atoms with Gasteiger partial charge in [-0.25, -0.2) is 4.39 Å². The summed E-state index contributed by atoms with van der Waals surface area (Å²) >= 11 is 1.31. The third-order valence-corrected chi connectivity index (χ3v) is 3.59. The Hall–Kier alpha value is -1.23. The van der Waals surface area contributed by atoms with Gasteiger partial charge in [-0.15, -0.1) is 11.8 Å². The van der Waals surface area contributed by atoms with Crippen LogP contribution in [0.3, 0.4) is 0 Å². The Morgan fingerprint density at radius 3 is 2.78 bits per heavy atom. The third kappa shape index (κ3) is 4.22. The molecule has 1 atom stereocenters. The molecule has 0 heterocycles. The zero-order valence-electron chi connectivity index (χ0n) is 10.6. The molecule has 0 saturated heterocycles. The van der Waals surface area contributed by atoms with E-state index >= 15 is 0 Å². The lowest BCUT2D eigenvalue weighted by molar-refractivity contribution is -0.142. The van der Waals surface area contributed by atoms with E-state index in [4.69, 9.17) is 10.5 Å². The first-order valence-electron chi connectivity index (χ1n) is 5.96. The molecule has 1 aromatic carbocycles. The van der Waals surface area contributed by atoms with Crippen LogP contribution in [0, 0.1) is 5.82 Å². The summed E-state index contributed by atoms with van der Waals surface area (Å²) < 4.78 is 18.3. The minimum atomic E-state index is -0.459. The van der Waals surface area contributed by atoms with E-state index in [1.165, 1.54) is 23.9 Å². The zero-order valence-corrected chi connectivity index (χ0v) is 11.4. The van der Waals surface area contributed by atoms with E-state index in [1.54, 1.807) is 13.0 Å². The summed E-state index contributed by atoms with van der Waals surface area (Å²) in [5, 5.41) is -0.294. The molecule has 2 N–H and O–H groups in total. The molecule has 0 aliphatic rings. The monoisotopic (exact) mass is 271 g/mol. The van der Waals surface area contributed by atoms with Crippen LogP contribution in [0.15, 0.2) is 23.1 Å². The largest absolute Gasteiger partial charge is 0.465 e. The minimum absolute atomic E-state index is 0.113. The number of benzene rings is 1. The summed E-state index contributed by atoms with van der Waals surface area (Å²) in [6.07, 6.45) is 1.57. The summed E-state index contributed by atoms with van der Waals surface area (Å²) in [7, 11) is 0. The highest BCUT2D eigenvalue weighted by molar-refractivity contribution is 8.00. The van der Waals surface area contributed by atoms with E-state index in [2.05, 4.69) is 0 Å². The summed E-state index contributed by atoms with van der Waals surface area (Å²) in [6, 6.07) is 4.57. The number of nitrogen functional groups attached to an aromatic ring is 1. The fraction of sp³-hybridized carbons (Fsp3) is 0.462. The van der Waals surface area contributed by atoms with Gasteiger partial charge < -0.3 is 10.5 Å². The molecule has 0 aliphatic carbocycles. The lowest BCUT2D eigenvalue weighted by Gasteiger charge is -2.14. The average molecular weight is 271 g/mol. The van der Waals surface area contributed by atoms with Crippen molar-refractivity contribution in [2.75, 3.05) is 12.3 Å². The Morgan fingerprint density at radius 2 is 2.22 bits per heavy atom. The van der Waals surface area contributed by atoms with Crippen LogP contribution in [0.1, 0.15) is 26.7 Å². The molecule has 0 fully saturated rings. The molecule has 0 saturated carbocycles. The lowest BCUT2D eigenvalue weighted by Crippen LogP contribution is -2.20. The maximum Gasteiger partial charge on any atom is 0.319 e. The molecule has 3 nitrogen and oxygen atoms in total. The smallest absolute Gasteiger partial charge is 0.319 e. The van der Waals surface area contributed by atoms with E-state index in [0.29, 0.717) is 17.9 Å². The Labute approximate surface area is 111 Å². The van der Waals surface area contributed by atoms with Crippen molar-refractivity contribution in [1.82, 2.24) is 0 Å². The highest BCUT2D eigenvalue weighted by atomic mass is 32.2. The molecule has 1 aromatic rings. The van der Waals surface area contributed by atoms with Gasteiger partial charge in [0.15, 0.2) is 0 Å². The number of anilines is 1. The maximum absolute atomic E-state index is 13.3. The number of nitrogens with two attached hydrogens (primary N) is 1. The number of carbonyl (C=O) groups excluding carboxylic acids is 1. The van der Waals surface area contributed by atoms with Gasteiger partial charge in [-0.1, -0.05) is 13.3 Å². The van der Waals surface area contributed by atoms with Gasteiger partial charge in [-0.05, 0) is 31.5 Å². The number of ether oxygens (including phenoxy) is 1. The molecule has 1 unspecified atom stereocenters.